The van der Waals surface area contributed by atoms with E-state index in [1.165, 1.54) is 0 Å². The van der Waals surface area contributed by atoms with Crippen LogP contribution in [0.15, 0.2) is 72.8 Å². The molecule has 0 aliphatic carbocycles. The molecule has 1 N–H and O–H groups in total. The molecule has 3 rings (SSSR count). The van der Waals surface area contributed by atoms with Crippen LogP contribution in [0.5, 0.6) is 5.75 Å². The molecule has 0 aliphatic heterocycles. The van der Waals surface area contributed by atoms with Gasteiger partial charge in [-0.3, -0.25) is 4.79 Å². The van der Waals surface area contributed by atoms with Gasteiger partial charge >= 0.3 is 5.97 Å². The summed E-state index contributed by atoms with van der Waals surface area (Å²) in [6.45, 7) is 3.69. The number of benzene rings is 3. The van der Waals surface area contributed by atoms with Gasteiger partial charge in [-0.05, 0) is 43.2 Å². The first-order chi connectivity index (χ1) is 14.0. The lowest BCUT2D eigenvalue weighted by Gasteiger charge is -2.13. The van der Waals surface area contributed by atoms with Crippen LogP contribution < -0.4 is 10.1 Å². The van der Waals surface area contributed by atoms with Crippen LogP contribution in [0, 0.1) is 13.8 Å². The van der Waals surface area contributed by atoms with Crippen LogP contribution in [0.1, 0.15) is 27.0 Å². The third-order valence-corrected chi connectivity index (χ3v) is 4.45. The predicted molar refractivity (Wildman–Crippen MR) is 112 cm³/mol. The maximum absolute atomic E-state index is 12.5. The number of carbonyl (C=O) groups is 2. The zero-order valence-electron chi connectivity index (χ0n) is 16.5. The Kier molecular flexibility index (Phi) is 6.63. The van der Waals surface area contributed by atoms with Gasteiger partial charge in [0.15, 0.2) is 6.61 Å². The number of nitrogens with one attached hydrogen (secondary N) is 1. The number of esters is 1. The van der Waals surface area contributed by atoms with Gasteiger partial charge in [-0.25, -0.2) is 4.79 Å². The molecular formula is C24H23NO4. The molecule has 0 atom stereocenters. The lowest BCUT2D eigenvalue weighted by Crippen LogP contribution is -2.22. The summed E-state index contributed by atoms with van der Waals surface area (Å²) in [5.74, 6) is -0.230. The first-order valence-electron chi connectivity index (χ1n) is 9.33. The smallest absolute Gasteiger partial charge is 0.339 e. The lowest BCUT2D eigenvalue weighted by molar-refractivity contribution is -0.119. The van der Waals surface area contributed by atoms with E-state index in [9.17, 15) is 9.59 Å². The van der Waals surface area contributed by atoms with Gasteiger partial charge in [0.2, 0.25) is 0 Å². The molecule has 0 radical (unpaired) electrons. The molecule has 0 heterocycles. The second kappa shape index (κ2) is 9.55. The van der Waals surface area contributed by atoms with Crippen molar-refractivity contribution >= 4 is 17.6 Å². The highest BCUT2D eigenvalue weighted by Crippen LogP contribution is 2.19. The number of para-hydroxylation sites is 2. The molecule has 0 unspecified atom stereocenters. The number of anilines is 1. The Balaban J connectivity index is 1.60. The third kappa shape index (κ3) is 5.45. The highest BCUT2D eigenvalue weighted by atomic mass is 16.5. The van der Waals surface area contributed by atoms with E-state index in [1.54, 1.807) is 18.2 Å². The van der Waals surface area contributed by atoms with Crippen molar-refractivity contribution in [2.45, 2.75) is 20.5 Å². The second-order valence-electron chi connectivity index (χ2n) is 6.65. The van der Waals surface area contributed by atoms with Crippen molar-refractivity contribution in [2.75, 3.05) is 11.9 Å². The molecule has 3 aromatic rings. The first kappa shape index (κ1) is 20.1. The average molecular weight is 389 g/mol. The van der Waals surface area contributed by atoms with E-state index in [0.717, 1.165) is 16.8 Å². The monoisotopic (exact) mass is 389 g/mol. The maximum Gasteiger partial charge on any atom is 0.339 e. The molecule has 5 nitrogen and oxygen atoms in total. The fourth-order valence-electron chi connectivity index (χ4n) is 2.92. The SMILES string of the molecule is Cc1cccc(C)c1NC(=O)COC(=O)c1ccccc1COc1ccccc1. The van der Waals surface area contributed by atoms with Gasteiger partial charge in [0, 0.05) is 11.3 Å². The minimum Gasteiger partial charge on any atom is -0.489 e. The summed E-state index contributed by atoms with van der Waals surface area (Å²) < 4.78 is 11.0. The van der Waals surface area contributed by atoms with Crippen molar-refractivity contribution in [3.63, 3.8) is 0 Å². The van der Waals surface area contributed by atoms with E-state index >= 15 is 0 Å². The fraction of sp³-hybridized carbons (Fsp3) is 0.167. The zero-order chi connectivity index (χ0) is 20.6. The summed E-state index contributed by atoms with van der Waals surface area (Å²) in [5.41, 5.74) is 3.71. The average Bonchev–Trinajstić information content (AvgIpc) is 2.74. The Morgan fingerprint density at radius 3 is 2.21 bits per heavy atom. The summed E-state index contributed by atoms with van der Waals surface area (Å²) in [6, 6.07) is 22.1. The van der Waals surface area contributed by atoms with Crippen LogP contribution in [0.3, 0.4) is 0 Å². The van der Waals surface area contributed by atoms with Gasteiger partial charge in [0.05, 0.1) is 5.56 Å². The van der Waals surface area contributed by atoms with E-state index in [0.29, 0.717) is 16.9 Å². The van der Waals surface area contributed by atoms with Crippen molar-refractivity contribution in [1.82, 2.24) is 0 Å². The number of amides is 1. The van der Waals surface area contributed by atoms with E-state index in [2.05, 4.69) is 5.32 Å². The molecule has 0 aromatic heterocycles. The maximum atomic E-state index is 12.5. The largest absolute Gasteiger partial charge is 0.489 e. The van der Waals surface area contributed by atoms with Gasteiger partial charge in [-0.2, -0.15) is 0 Å². The normalized spacial score (nSPS) is 10.3. The minimum absolute atomic E-state index is 0.226. The van der Waals surface area contributed by atoms with E-state index in [-0.39, 0.29) is 19.1 Å². The molecule has 0 saturated heterocycles. The summed E-state index contributed by atoms with van der Waals surface area (Å²) in [4.78, 5) is 24.7. The molecule has 29 heavy (non-hydrogen) atoms. The highest BCUT2D eigenvalue weighted by Gasteiger charge is 2.15. The Bertz CT molecular complexity index is 979. The zero-order valence-corrected chi connectivity index (χ0v) is 16.5. The molecule has 5 heteroatoms. The fourth-order valence-corrected chi connectivity index (χ4v) is 2.92. The van der Waals surface area contributed by atoms with Crippen molar-refractivity contribution in [3.8, 4) is 5.75 Å². The van der Waals surface area contributed by atoms with Crippen molar-refractivity contribution in [2.24, 2.45) is 0 Å². The Morgan fingerprint density at radius 2 is 1.48 bits per heavy atom. The van der Waals surface area contributed by atoms with Gasteiger partial charge in [0.1, 0.15) is 12.4 Å². The number of hydrogen-bond acceptors (Lipinski definition) is 4. The topological polar surface area (TPSA) is 64.6 Å². The minimum atomic E-state index is -0.561. The molecule has 0 spiro atoms. The van der Waals surface area contributed by atoms with Crippen LogP contribution in [0.2, 0.25) is 0 Å². The molecule has 0 saturated carbocycles. The summed E-state index contributed by atoms with van der Waals surface area (Å²) in [6.07, 6.45) is 0. The quantitative estimate of drug-likeness (QED) is 0.596. The van der Waals surface area contributed by atoms with E-state index < -0.39 is 5.97 Å². The van der Waals surface area contributed by atoms with Crippen LogP contribution in [-0.4, -0.2) is 18.5 Å². The summed E-state index contributed by atoms with van der Waals surface area (Å²) in [5, 5.41) is 2.81. The van der Waals surface area contributed by atoms with Crippen LogP contribution >= 0.6 is 0 Å². The number of aryl methyl sites for hydroxylation is 2. The standard InChI is InChI=1S/C24H23NO4/c1-17-9-8-10-18(2)23(17)25-22(26)16-29-24(27)21-14-7-6-11-19(21)15-28-20-12-4-3-5-13-20/h3-14H,15-16H2,1-2H3,(H,25,26). The molecular weight excluding hydrogens is 366 g/mol. The summed E-state index contributed by atoms with van der Waals surface area (Å²) in [7, 11) is 0. The van der Waals surface area contributed by atoms with Crippen molar-refractivity contribution in [1.29, 1.82) is 0 Å². The van der Waals surface area contributed by atoms with Gasteiger partial charge in [-0.15, -0.1) is 0 Å². The van der Waals surface area contributed by atoms with Crippen LogP contribution in [-0.2, 0) is 16.1 Å². The lowest BCUT2D eigenvalue weighted by atomic mass is 10.1. The van der Waals surface area contributed by atoms with Gasteiger partial charge in [0.25, 0.3) is 5.91 Å². The molecule has 3 aromatic carbocycles. The molecule has 0 aliphatic rings. The molecule has 148 valence electrons. The molecule has 0 bridgehead atoms. The second-order valence-corrected chi connectivity index (χ2v) is 6.65. The molecule has 0 fully saturated rings. The van der Waals surface area contributed by atoms with Gasteiger partial charge < -0.3 is 14.8 Å². The predicted octanol–water partition coefficient (Wildman–Crippen LogP) is 4.68. The highest BCUT2D eigenvalue weighted by molar-refractivity contribution is 5.96. The van der Waals surface area contributed by atoms with Crippen molar-refractivity contribution < 1.29 is 19.1 Å². The summed E-state index contributed by atoms with van der Waals surface area (Å²) >= 11 is 0. The Labute approximate surface area is 170 Å². The van der Waals surface area contributed by atoms with E-state index in [1.807, 2.05) is 68.4 Å². The Morgan fingerprint density at radius 1 is 0.828 bits per heavy atom. The first-order valence-corrected chi connectivity index (χ1v) is 9.33. The van der Waals surface area contributed by atoms with Crippen LogP contribution in [0.4, 0.5) is 5.69 Å². The number of rotatable bonds is 7. The number of hydrogen-bond donors (Lipinski definition) is 1. The van der Waals surface area contributed by atoms with Crippen molar-refractivity contribution in [3.05, 3.63) is 95.1 Å². The Hall–Kier alpha value is -3.60. The van der Waals surface area contributed by atoms with Gasteiger partial charge in [-0.1, -0.05) is 54.6 Å². The number of ether oxygens (including phenoxy) is 2. The van der Waals surface area contributed by atoms with E-state index in [4.69, 9.17) is 9.47 Å². The molecule has 1 amide bonds. The number of carbonyl (C=O) groups excluding carboxylic acids is 2. The third-order valence-electron chi connectivity index (χ3n) is 4.45. The van der Waals surface area contributed by atoms with Crippen LogP contribution in [0.25, 0.3) is 0 Å².